The molecule has 1 aliphatic heterocycles. The molecule has 6 heteroatoms. The van der Waals surface area contributed by atoms with Crippen molar-refractivity contribution in [1.82, 2.24) is 4.90 Å². The van der Waals surface area contributed by atoms with Crippen LogP contribution in [-0.2, 0) is 6.42 Å². The number of carbonyl (C=O) groups is 2. The van der Waals surface area contributed by atoms with Gasteiger partial charge in [0.25, 0.3) is 5.91 Å². The zero-order valence-electron chi connectivity index (χ0n) is 10.8. The van der Waals surface area contributed by atoms with Gasteiger partial charge in [0.05, 0.1) is 10.9 Å². The molecular weight excluding hydrogens is 294 g/mol. The maximum Gasteiger partial charge on any atom is 0.345 e. The van der Waals surface area contributed by atoms with Crippen LogP contribution in [0.4, 0.5) is 0 Å². The summed E-state index contributed by atoms with van der Waals surface area (Å²) in [6.45, 7) is 2.71. The molecular formula is C14H13NO3S2. The van der Waals surface area contributed by atoms with Crippen molar-refractivity contribution in [3.05, 3.63) is 43.8 Å². The van der Waals surface area contributed by atoms with Gasteiger partial charge in [0, 0.05) is 11.4 Å². The number of hydrogen-bond donors (Lipinski definition) is 1. The van der Waals surface area contributed by atoms with E-state index in [0.717, 1.165) is 17.8 Å². The number of thiophene rings is 2. The van der Waals surface area contributed by atoms with Crippen LogP contribution in [0.5, 0.6) is 0 Å². The van der Waals surface area contributed by atoms with Gasteiger partial charge in [-0.15, -0.1) is 22.7 Å². The molecule has 0 saturated heterocycles. The van der Waals surface area contributed by atoms with Crippen molar-refractivity contribution < 1.29 is 14.7 Å². The van der Waals surface area contributed by atoms with E-state index in [4.69, 9.17) is 5.11 Å². The quantitative estimate of drug-likeness (QED) is 0.926. The fourth-order valence-electron chi connectivity index (χ4n) is 2.50. The average molecular weight is 307 g/mol. The molecule has 2 aromatic rings. The molecule has 0 spiro atoms. The summed E-state index contributed by atoms with van der Waals surface area (Å²) in [6.07, 6.45) is 0.875. The highest BCUT2D eigenvalue weighted by Crippen LogP contribution is 2.34. The first-order valence-corrected chi connectivity index (χ1v) is 7.98. The largest absolute Gasteiger partial charge is 0.477 e. The Morgan fingerprint density at radius 1 is 1.30 bits per heavy atom. The van der Waals surface area contributed by atoms with Gasteiger partial charge in [0.2, 0.25) is 0 Å². The Labute approximate surface area is 124 Å². The molecule has 3 heterocycles. The predicted octanol–water partition coefficient (Wildman–Crippen LogP) is 3.27. The van der Waals surface area contributed by atoms with Crippen LogP contribution in [-0.4, -0.2) is 28.4 Å². The monoisotopic (exact) mass is 307 g/mol. The van der Waals surface area contributed by atoms with Crippen molar-refractivity contribution in [2.45, 2.75) is 19.4 Å². The maximum absolute atomic E-state index is 12.5. The number of amides is 1. The highest BCUT2D eigenvalue weighted by atomic mass is 32.1. The smallest absolute Gasteiger partial charge is 0.345 e. The number of carboxylic acids is 1. The summed E-state index contributed by atoms with van der Waals surface area (Å²) in [5, 5.41) is 11.0. The molecule has 1 aliphatic rings. The van der Waals surface area contributed by atoms with E-state index in [1.807, 2.05) is 11.8 Å². The van der Waals surface area contributed by atoms with E-state index in [0.29, 0.717) is 11.4 Å². The minimum absolute atomic E-state index is 0.0490. The minimum Gasteiger partial charge on any atom is -0.477 e. The van der Waals surface area contributed by atoms with E-state index < -0.39 is 5.97 Å². The van der Waals surface area contributed by atoms with Gasteiger partial charge in [-0.2, -0.15) is 0 Å². The van der Waals surface area contributed by atoms with E-state index in [-0.39, 0.29) is 16.8 Å². The van der Waals surface area contributed by atoms with Crippen molar-refractivity contribution in [3.63, 3.8) is 0 Å². The Balaban J connectivity index is 1.86. The van der Waals surface area contributed by atoms with E-state index in [1.165, 1.54) is 16.5 Å². The number of carbonyl (C=O) groups excluding carboxylic acids is 1. The summed E-state index contributed by atoms with van der Waals surface area (Å²) in [7, 11) is 0. The van der Waals surface area contributed by atoms with Gasteiger partial charge >= 0.3 is 5.97 Å². The molecule has 1 atom stereocenters. The second-order valence-corrected chi connectivity index (χ2v) is 6.78. The predicted molar refractivity (Wildman–Crippen MR) is 78.8 cm³/mol. The zero-order chi connectivity index (χ0) is 14.3. The lowest BCUT2D eigenvalue weighted by molar-refractivity contribution is 0.0682. The molecule has 0 aromatic carbocycles. The Morgan fingerprint density at radius 3 is 2.75 bits per heavy atom. The fourth-order valence-corrected chi connectivity index (χ4v) is 4.26. The summed E-state index contributed by atoms with van der Waals surface area (Å²) < 4.78 is 0. The molecule has 0 saturated carbocycles. The molecule has 1 unspecified atom stereocenters. The minimum atomic E-state index is -0.985. The Bertz CT molecular complexity index is 674. The number of rotatable bonds is 2. The SMILES string of the molecule is CC1c2ccsc2CCN1C(=O)c1ccc(C(=O)O)s1. The second-order valence-electron chi connectivity index (χ2n) is 4.69. The number of fused-ring (bicyclic) bond motifs is 1. The van der Waals surface area contributed by atoms with Crippen LogP contribution in [0.1, 0.15) is 42.7 Å². The van der Waals surface area contributed by atoms with Gasteiger partial charge in [-0.1, -0.05) is 0 Å². The Hall–Kier alpha value is -1.66. The third-order valence-electron chi connectivity index (χ3n) is 3.57. The molecule has 0 bridgehead atoms. The first-order valence-electron chi connectivity index (χ1n) is 6.28. The number of aromatic carboxylic acids is 1. The fraction of sp³-hybridized carbons (Fsp3) is 0.286. The van der Waals surface area contributed by atoms with Crippen LogP contribution < -0.4 is 0 Å². The summed E-state index contributed by atoms with van der Waals surface area (Å²) >= 11 is 2.77. The van der Waals surface area contributed by atoms with E-state index in [1.54, 1.807) is 17.4 Å². The highest BCUT2D eigenvalue weighted by Gasteiger charge is 2.29. The lowest BCUT2D eigenvalue weighted by Gasteiger charge is -2.33. The zero-order valence-corrected chi connectivity index (χ0v) is 12.5. The molecule has 0 radical (unpaired) electrons. The van der Waals surface area contributed by atoms with Crippen molar-refractivity contribution in [3.8, 4) is 0 Å². The molecule has 1 N–H and O–H groups in total. The van der Waals surface area contributed by atoms with Crippen LogP contribution in [0.15, 0.2) is 23.6 Å². The third kappa shape index (κ3) is 2.14. The first kappa shape index (κ1) is 13.3. The van der Waals surface area contributed by atoms with Crippen LogP contribution in [0, 0.1) is 0 Å². The Morgan fingerprint density at radius 2 is 2.05 bits per heavy atom. The van der Waals surface area contributed by atoms with Gasteiger partial charge in [-0.05, 0) is 42.5 Å². The van der Waals surface area contributed by atoms with Crippen LogP contribution in [0.25, 0.3) is 0 Å². The lowest BCUT2D eigenvalue weighted by atomic mass is 10.0. The van der Waals surface area contributed by atoms with Crippen molar-refractivity contribution in [2.24, 2.45) is 0 Å². The molecule has 3 rings (SSSR count). The van der Waals surface area contributed by atoms with Gasteiger partial charge < -0.3 is 10.0 Å². The lowest BCUT2D eigenvalue weighted by Crippen LogP contribution is -2.37. The summed E-state index contributed by atoms with van der Waals surface area (Å²) in [6, 6.07) is 5.21. The molecule has 0 aliphatic carbocycles. The number of nitrogens with zero attached hydrogens (tertiary/aromatic N) is 1. The molecule has 1 amide bonds. The van der Waals surface area contributed by atoms with E-state index in [2.05, 4.69) is 11.4 Å². The molecule has 20 heavy (non-hydrogen) atoms. The normalized spacial score (nSPS) is 17.9. The third-order valence-corrected chi connectivity index (χ3v) is 5.62. The van der Waals surface area contributed by atoms with Crippen molar-refractivity contribution in [1.29, 1.82) is 0 Å². The van der Waals surface area contributed by atoms with Gasteiger partial charge in [-0.3, -0.25) is 4.79 Å². The molecule has 0 fully saturated rings. The van der Waals surface area contributed by atoms with Crippen LogP contribution in [0.3, 0.4) is 0 Å². The van der Waals surface area contributed by atoms with Gasteiger partial charge in [0.1, 0.15) is 4.88 Å². The molecule has 2 aromatic heterocycles. The van der Waals surface area contributed by atoms with Crippen molar-refractivity contribution >= 4 is 34.6 Å². The van der Waals surface area contributed by atoms with Crippen molar-refractivity contribution in [2.75, 3.05) is 6.54 Å². The maximum atomic E-state index is 12.5. The number of hydrogen-bond acceptors (Lipinski definition) is 4. The summed E-state index contributed by atoms with van der Waals surface area (Å²) in [4.78, 5) is 27.3. The van der Waals surface area contributed by atoms with E-state index >= 15 is 0 Å². The average Bonchev–Trinajstić information content (AvgIpc) is 3.08. The Kier molecular flexibility index (Phi) is 3.35. The molecule has 104 valence electrons. The second kappa shape index (κ2) is 5.03. The summed E-state index contributed by atoms with van der Waals surface area (Å²) in [5.74, 6) is -1.06. The molecule has 4 nitrogen and oxygen atoms in total. The van der Waals surface area contributed by atoms with Crippen LogP contribution in [0.2, 0.25) is 0 Å². The first-order chi connectivity index (χ1) is 9.58. The van der Waals surface area contributed by atoms with Gasteiger partial charge in [-0.25, -0.2) is 4.79 Å². The van der Waals surface area contributed by atoms with E-state index in [9.17, 15) is 9.59 Å². The van der Waals surface area contributed by atoms with Crippen LogP contribution >= 0.6 is 22.7 Å². The topological polar surface area (TPSA) is 57.6 Å². The standard InChI is InChI=1S/C14H13NO3S2/c1-8-9-5-7-19-10(9)4-6-15(8)13(16)11-2-3-12(20-11)14(17)18/h2-3,5,7-8H,4,6H2,1H3,(H,17,18). The summed E-state index contributed by atoms with van der Waals surface area (Å²) in [5.41, 5.74) is 1.21. The number of carboxylic acid groups (broad SMARTS) is 1. The highest BCUT2D eigenvalue weighted by molar-refractivity contribution is 7.15. The van der Waals surface area contributed by atoms with Gasteiger partial charge in [0.15, 0.2) is 0 Å².